The van der Waals surface area contributed by atoms with Crippen molar-refractivity contribution in [3.05, 3.63) is 145 Å². The molecule has 0 radical (unpaired) electrons. The smallest absolute Gasteiger partial charge is 0.121 e. The summed E-state index contributed by atoms with van der Waals surface area (Å²) >= 11 is 1.85. The molecule has 4 nitrogen and oxygen atoms in total. The van der Waals surface area contributed by atoms with E-state index in [4.69, 9.17) is 5.53 Å². The molecule has 1 atom stereocenters. The Hall–Kier alpha value is -5.13. The minimum Gasteiger partial charge on any atom is -0.309 e. The summed E-state index contributed by atoms with van der Waals surface area (Å²) in [5.74, 6) is 0. The average Bonchev–Trinajstić information content (AvgIpc) is 3.56. The van der Waals surface area contributed by atoms with E-state index in [-0.39, 0.29) is 6.04 Å². The molecule has 1 aliphatic rings. The molecule has 1 unspecified atom stereocenters. The van der Waals surface area contributed by atoms with Gasteiger partial charge in [-0.2, -0.15) is 5.11 Å². The molecule has 42 heavy (non-hydrogen) atoms. The van der Waals surface area contributed by atoms with Gasteiger partial charge < -0.3 is 9.13 Å². The Morgan fingerprint density at radius 1 is 0.548 bits per heavy atom. The van der Waals surface area contributed by atoms with Gasteiger partial charge in [-0.25, -0.2) is 5.53 Å². The molecule has 5 heteroatoms. The van der Waals surface area contributed by atoms with Crippen molar-refractivity contribution >= 4 is 55.4 Å². The van der Waals surface area contributed by atoms with Crippen molar-refractivity contribution in [3.63, 3.8) is 0 Å². The molecule has 0 bridgehead atoms. The predicted molar refractivity (Wildman–Crippen MR) is 173 cm³/mol. The van der Waals surface area contributed by atoms with Crippen molar-refractivity contribution in [1.82, 2.24) is 9.13 Å². The Morgan fingerprint density at radius 3 is 2.02 bits per heavy atom. The summed E-state index contributed by atoms with van der Waals surface area (Å²) in [4.78, 5) is 2.52. The number of rotatable bonds is 4. The minimum atomic E-state index is -0.350. The van der Waals surface area contributed by atoms with E-state index in [0.29, 0.717) is 0 Å². The van der Waals surface area contributed by atoms with Crippen molar-refractivity contribution in [2.75, 3.05) is 0 Å². The number of benzene rings is 6. The first-order chi connectivity index (χ1) is 20.8. The predicted octanol–water partition coefficient (Wildman–Crippen LogP) is 10.5. The van der Waals surface area contributed by atoms with Crippen molar-refractivity contribution in [2.24, 2.45) is 5.11 Å². The summed E-state index contributed by atoms with van der Waals surface area (Å²) in [6.07, 6.45) is 0. The number of nitrogens with zero attached hydrogens (tertiary/aromatic N) is 3. The van der Waals surface area contributed by atoms with Crippen LogP contribution in [0.3, 0.4) is 0 Å². The summed E-state index contributed by atoms with van der Waals surface area (Å²) in [6.45, 7) is 0. The maximum atomic E-state index is 8.04. The van der Waals surface area contributed by atoms with Gasteiger partial charge in [0.15, 0.2) is 0 Å². The third kappa shape index (κ3) is 3.20. The fraction of sp³-hybridized carbons (Fsp3) is 0.0270. The first kappa shape index (κ1) is 23.6. The second-order valence-corrected chi connectivity index (χ2v) is 11.9. The molecule has 1 N–H and O–H groups in total. The Balaban J connectivity index is 1.40. The Bertz CT molecular complexity index is 2360. The number of aromatic nitrogens is 2. The lowest BCUT2D eigenvalue weighted by Gasteiger charge is -2.20. The number of fused-ring (bicyclic) bond motifs is 9. The van der Waals surface area contributed by atoms with Crippen LogP contribution in [0.25, 0.3) is 55.0 Å². The highest BCUT2D eigenvalue weighted by molar-refractivity contribution is 7.99. The summed E-state index contributed by atoms with van der Waals surface area (Å²) in [5, 5.41) is 9.12. The highest BCUT2D eigenvalue weighted by Gasteiger charge is 2.27. The van der Waals surface area contributed by atoms with Crippen LogP contribution >= 0.6 is 11.8 Å². The highest BCUT2D eigenvalue weighted by atomic mass is 32.2. The van der Waals surface area contributed by atoms with E-state index in [1.54, 1.807) is 0 Å². The zero-order chi connectivity index (χ0) is 27.8. The summed E-state index contributed by atoms with van der Waals surface area (Å²) < 4.78 is 4.85. The molecule has 9 rings (SSSR count). The van der Waals surface area contributed by atoms with Gasteiger partial charge >= 0.3 is 0 Å². The largest absolute Gasteiger partial charge is 0.309 e. The van der Waals surface area contributed by atoms with Gasteiger partial charge in [-0.05, 0) is 53.6 Å². The van der Waals surface area contributed by atoms with E-state index in [2.05, 4.69) is 117 Å². The van der Waals surface area contributed by atoms with Gasteiger partial charge in [0.1, 0.15) is 6.04 Å². The number of nitrogens with one attached hydrogen (secondary N) is 1. The Labute approximate surface area is 246 Å². The fourth-order valence-electron chi connectivity index (χ4n) is 6.84. The van der Waals surface area contributed by atoms with Crippen LogP contribution in [-0.4, -0.2) is 9.13 Å². The lowest BCUT2D eigenvalue weighted by atomic mass is 9.99. The Kier molecular flexibility index (Phi) is 5.01. The third-order valence-corrected chi connectivity index (χ3v) is 9.65. The molecule has 0 aliphatic carbocycles. The molecule has 6 aromatic carbocycles. The quantitative estimate of drug-likeness (QED) is 0.215. The maximum absolute atomic E-state index is 8.04. The molecule has 0 amide bonds. The molecular formula is C37H24N4S. The van der Waals surface area contributed by atoms with Gasteiger partial charge in [0.25, 0.3) is 0 Å². The van der Waals surface area contributed by atoms with Crippen molar-refractivity contribution in [2.45, 2.75) is 15.8 Å². The van der Waals surface area contributed by atoms with Crippen LogP contribution in [0.4, 0.5) is 0 Å². The molecule has 0 spiro atoms. The van der Waals surface area contributed by atoms with Crippen LogP contribution in [0.5, 0.6) is 0 Å². The lowest BCUT2D eigenvalue weighted by molar-refractivity contribution is 0.775. The first-order valence-electron chi connectivity index (χ1n) is 14.1. The SMILES string of the molecule is N=NC(c1ccccc1)c1cccc(-n2c3ccccc3c3c4c5ccccc5n5c4c(cc32)Sc2ccccc2-5)c1. The van der Waals surface area contributed by atoms with Gasteiger partial charge in [0, 0.05) is 37.0 Å². The van der Waals surface area contributed by atoms with E-state index in [1.807, 2.05) is 42.1 Å². The second-order valence-electron chi connectivity index (χ2n) is 10.8. The van der Waals surface area contributed by atoms with Gasteiger partial charge in [0.2, 0.25) is 0 Å². The van der Waals surface area contributed by atoms with E-state index in [1.165, 1.54) is 59.1 Å². The number of para-hydroxylation sites is 3. The van der Waals surface area contributed by atoms with Crippen LogP contribution in [0.1, 0.15) is 17.2 Å². The van der Waals surface area contributed by atoms with Gasteiger partial charge in [0.05, 0.1) is 27.8 Å². The van der Waals surface area contributed by atoms with Crippen LogP contribution in [0, 0.1) is 5.53 Å². The minimum absolute atomic E-state index is 0.350. The van der Waals surface area contributed by atoms with Crippen LogP contribution in [-0.2, 0) is 0 Å². The van der Waals surface area contributed by atoms with E-state index in [0.717, 1.165) is 16.8 Å². The molecule has 0 saturated carbocycles. The maximum Gasteiger partial charge on any atom is 0.121 e. The van der Waals surface area contributed by atoms with Crippen molar-refractivity contribution in [3.8, 4) is 11.4 Å². The normalized spacial score (nSPS) is 13.1. The van der Waals surface area contributed by atoms with Crippen molar-refractivity contribution in [1.29, 1.82) is 5.53 Å². The number of hydrogen-bond acceptors (Lipinski definition) is 3. The van der Waals surface area contributed by atoms with E-state index < -0.39 is 0 Å². The van der Waals surface area contributed by atoms with E-state index in [9.17, 15) is 0 Å². The third-order valence-electron chi connectivity index (χ3n) is 8.55. The van der Waals surface area contributed by atoms with Gasteiger partial charge in [-0.15, -0.1) is 0 Å². The summed E-state index contributed by atoms with van der Waals surface area (Å²) in [5.41, 5.74) is 17.2. The number of hydrogen-bond donors (Lipinski definition) is 1. The van der Waals surface area contributed by atoms with Crippen LogP contribution in [0.15, 0.2) is 148 Å². The van der Waals surface area contributed by atoms with Crippen LogP contribution in [0.2, 0.25) is 0 Å². The van der Waals surface area contributed by atoms with Crippen LogP contribution < -0.4 is 0 Å². The van der Waals surface area contributed by atoms with E-state index >= 15 is 0 Å². The standard InChI is InChI=1S/C37H24N4S/c38-39-36(23-11-2-1-3-12-23)24-13-10-14-25(21-24)40-28-17-6-4-15-26(28)34-31(40)22-33-37-35(34)27-16-5-7-18-29(27)41(37)30-19-8-9-20-32(30)42-33/h1-22,36,38H. The zero-order valence-electron chi connectivity index (χ0n) is 22.5. The molecule has 1 aliphatic heterocycles. The van der Waals surface area contributed by atoms with Crippen molar-refractivity contribution < 1.29 is 0 Å². The van der Waals surface area contributed by atoms with Gasteiger partial charge in [-0.3, -0.25) is 0 Å². The monoisotopic (exact) mass is 556 g/mol. The molecule has 3 heterocycles. The summed E-state index contributed by atoms with van der Waals surface area (Å²) in [6, 6.07) is 46.9. The summed E-state index contributed by atoms with van der Waals surface area (Å²) in [7, 11) is 0. The lowest BCUT2D eigenvalue weighted by Crippen LogP contribution is -2.02. The topological polar surface area (TPSA) is 46.1 Å². The molecule has 8 aromatic rings. The molecular weight excluding hydrogens is 533 g/mol. The molecule has 2 aromatic heterocycles. The van der Waals surface area contributed by atoms with Gasteiger partial charge in [-0.1, -0.05) is 103 Å². The first-order valence-corrected chi connectivity index (χ1v) is 14.9. The molecule has 198 valence electrons. The molecule has 0 saturated heterocycles. The second kappa shape index (κ2) is 8.93. The fourth-order valence-corrected chi connectivity index (χ4v) is 7.95. The average molecular weight is 557 g/mol. The Morgan fingerprint density at radius 2 is 1.21 bits per heavy atom. The molecule has 0 fully saturated rings. The zero-order valence-corrected chi connectivity index (χ0v) is 23.3. The highest BCUT2D eigenvalue weighted by Crippen LogP contribution is 2.51.